The van der Waals surface area contributed by atoms with E-state index in [-0.39, 0.29) is 5.91 Å². The first kappa shape index (κ1) is 19.3. The molecule has 0 bridgehead atoms. The topological polar surface area (TPSA) is 73.3 Å². The second-order valence-corrected chi connectivity index (χ2v) is 6.74. The van der Waals surface area contributed by atoms with Crippen molar-refractivity contribution in [3.63, 3.8) is 0 Å². The number of nitrogens with zero attached hydrogens (tertiary/aromatic N) is 2. The van der Waals surface area contributed by atoms with E-state index in [1.807, 2.05) is 19.9 Å². The molecule has 0 saturated carbocycles. The van der Waals surface area contributed by atoms with E-state index in [0.29, 0.717) is 39.5 Å². The van der Waals surface area contributed by atoms with E-state index in [0.717, 1.165) is 11.4 Å². The van der Waals surface area contributed by atoms with Gasteiger partial charge in [0.1, 0.15) is 11.5 Å². The summed E-state index contributed by atoms with van der Waals surface area (Å²) in [5.74, 6) is 1.40. The van der Waals surface area contributed by atoms with Gasteiger partial charge in [0.05, 0.1) is 24.9 Å². The Balaban J connectivity index is 1.95. The van der Waals surface area contributed by atoms with Crippen molar-refractivity contribution in [3.05, 3.63) is 34.6 Å². The highest BCUT2D eigenvalue weighted by molar-refractivity contribution is 7.99. The number of rotatable bonds is 7. The third kappa shape index (κ3) is 5.51. The average Bonchev–Trinajstić information content (AvgIpc) is 2.54. The normalized spacial score (nSPS) is 10.4. The van der Waals surface area contributed by atoms with E-state index >= 15 is 0 Å². The van der Waals surface area contributed by atoms with Crippen LogP contribution in [-0.4, -0.2) is 35.8 Å². The molecule has 0 spiro atoms. The van der Waals surface area contributed by atoms with E-state index in [1.165, 1.54) is 26.0 Å². The summed E-state index contributed by atoms with van der Waals surface area (Å²) in [4.78, 5) is 20.9. The van der Waals surface area contributed by atoms with Gasteiger partial charge in [-0.25, -0.2) is 9.97 Å². The largest absolute Gasteiger partial charge is 0.495 e. The number of amides is 1. The molecule has 0 atom stereocenters. The zero-order chi connectivity index (χ0) is 18.4. The Morgan fingerprint density at radius 1 is 1.12 bits per heavy atom. The molecule has 8 heteroatoms. The molecule has 1 aromatic carbocycles. The van der Waals surface area contributed by atoms with Gasteiger partial charge < -0.3 is 14.8 Å². The molecule has 1 aromatic heterocycles. The Morgan fingerprint density at radius 3 is 2.36 bits per heavy atom. The molecule has 1 heterocycles. The first-order valence-corrected chi connectivity index (χ1v) is 8.95. The number of methoxy groups -OCH3 is 2. The highest BCUT2D eigenvalue weighted by Crippen LogP contribution is 2.36. The van der Waals surface area contributed by atoms with Crippen molar-refractivity contribution in [2.24, 2.45) is 0 Å². The van der Waals surface area contributed by atoms with Crippen LogP contribution in [0.15, 0.2) is 23.4 Å². The molecular weight excluding hydrogens is 362 g/mol. The first-order valence-electron chi connectivity index (χ1n) is 7.59. The van der Waals surface area contributed by atoms with Gasteiger partial charge >= 0.3 is 0 Å². The molecule has 0 unspecified atom stereocenters. The molecule has 0 aliphatic heterocycles. The van der Waals surface area contributed by atoms with Gasteiger partial charge in [0, 0.05) is 29.6 Å². The van der Waals surface area contributed by atoms with Crippen LogP contribution in [0.1, 0.15) is 17.8 Å². The van der Waals surface area contributed by atoms with Crippen LogP contribution in [0.2, 0.25) is 5.02 Å². The second-order valence-electron chi connectivity index (χ2n) is 5.27. The van der Waals surface area contributed by atoms with Crippen molar-refractivity contribution in [1.29, 1.82) is 0 Å². The molecule has 0 radical (unpaired) electrons. The minimum absolute atomic E-state index is 0.142. The molecule has 25 heavy (non-hydrogen) atoms. The van der Waals surface area contributed by atoms with Crippen molar-refractivity contribution in [2.75, 3.05) is 25.3 Å². The number of halogens is 1. The number of carbonyl (C=O) groups excluding carboxylic acids is 1. The lowest BCUT2D eigenvalue weighted by Gasteiger charge is -2.13. The van der Waals surface area contributed by atoms with Crippen molar-refractivity contribution in [2.45, 2.75) is 25.4 Å². The van der Waals surface area contributed by atoms with E-state index in [9.17, 15) is 4.79 Å². The van der Waals surface area contributed by atoms with Gasteiger partial charge in [-0.1, -0.05) is 23.4 Å². The van der Waals surface area contributed by atoms with Crippen LogP contribution in [0.4, 0.5) is 5.69 Å². The van der Waals surface area contributed by atoms with Gasteiger partial charge in [0.15, 0.2) is 5.16 Å². The quantitative estimate of drug-likeness (QED) is 0.579. The summed E-state index contributed by atoms with van der Waals surface area (Å²) in [6.07, 6.45) is 0.313. The third-order valence-corrected chi connectivity index (χ3v) is 4.41. The fourth-order valence-corrected chi connectivity index (χ4v) is 3.29. The SMILES string of the molecule is COc1cc(OC)c(NC(=O)CCSc2nc(C)cc(C)n2)cc1Cl. The van der Waals surface area contributed by atoms with Crippen molar-refractivity contribution in [1.82, 2.24) is 9.97 Å². The maximum absolute atomic E-state index is 12.2. The number of hydrogen-bond acceptors (Lipinski definition) is 6. The summed E-state index contributed by atoms with van der Waals surface area (Å²) in [5.41, 5.74) is 2.33. The molecule has 0 fully saturated rings. The molecule has 2 aromatic rings. The lowest BCUT2D eigenvalue weighted by molar-refractivity contribution is -0.115. The predicted molar refractivity (Wildman–Crippen MR) is 100 cm³/mol. The van der Waals surface area contributed by atoms with Crippen LogP contribution in [0.25, 0.3) is 0 Å². The fraction of sp³-hybridized carbons (Fsp3) is 0.353. The van der Waals surface area contributed by atoms with Crippen LogP contribution >= 0.6 is 23.4 Å². The van der Waals surface area contributed by atoms with Gasteiger partial charge in [0.25, 0.3) is 0 Å². The van der Waals surface area contributed by atoms with Crippen LogP contribution in [0.5, 0.6) is 11.5 Å². The highest BCUT2D eigenvalue weighted by atomic mass is 35.5. The van der Waals surface area contributed by atoms with Gasteiger partial charge in [-0.2, -0.15) is 0 Å². The monoisotopic (exact) mass is 381 g/mol. The van der Waals surface area contributed by atoms with Crippen molar-refractivity contribution < 1.29 is 14.3 Å². The summed E-state index contributed by atoms with van der Waals surface area (Å²) in [5, 5.41) is 3.88. The zero-order valence-corrected chi connectivity index (χ0v) is 16.1. The predicted octanol–water partition coefficient (Wildman–Crippen LogP) is 3.88. The smallest absolute Gasteiger partial charge is 0.225 e. The van der Waals surface area contributed by atoms with Gasteiger partial charge in [-0.15, -0.1) is 0 Å². The molecule has 134 valence electrons. The van der Waals surface area contributed by atoms with Gasteiger partial charge in [0.2, 0.25) is 5.91 Å². The number of carbonyl (C=O) groups is 1. The lowest BCUT2D eigenvalue weighted by atomic mass is 10.2. The highest BCUT2D eigenvalue weighted by Gasteiger charge is 2.13. The maximum Gasteiger partial charge on any atom is 0.225 e. The number of aryl methyl sites for hydroxylation is 2. The fourth-order valence-electron chi connectivity index (χ4n) is 2.16. The van der Waals surface area contributed by atoms with Crippen molar-refractivity contribution in [3.8, 4) is 11.5 Å². The van der Waals surface area contributed by atoms with Gasteiger partial charge in [-0.05, 0) is 26.0 Å². The molecule has 1 amide bonds. The Hall–Kier alpha value is -1.99. The van der Waals surface area contributed by atoms with E-state index < -0.39 is 0 Å². The van der Waals surface area contributed by atoms with E-state index in [4.69, 9.17) is 21.1 Å². The summed E-state index contributed by atoms with van der Waals surface area (Å²) >= 11 is 7.55. The number of ether oxygens (including phenoxy) is 2. The molecule has 0 aliphatic rings. The third-order valence-electron chi connectivity index (χ3n) is 3.27. The second kappa shape index (κ2) is 8.92. The molecule has 1 N–H and O–H groups in total. The lowest BCUT2D eigenvalue weighted by Crippen LogP contribution is -2.13. The molecule has 0 saturated heterocycles. The van der Waals surface area contributed by atoms with Crippen LogP contribution < -0.4 is 14.8 Å². The summed E-state index contributed by atoms with van der Waals surface area (Å²) in [6.45, 7) is 3.84. The van der Waals surface area contributed by atoms with Gasteiger partial charge in [-0.3, -0.25) is 4.79 Å². The molecule has 0 aliphatic carbocycles. The maximum atomic E-state index is 12.2. The molecule has 2 rings (SSSR count). The number of benzene rings is 1. The van der Waals surface area contributed by atoms with Crippen LogP contribution in [-0.2, 0) is 4.79 Å². The summed E-state index contributed by atoms with van der Waals surface area (Å²) in [7, 11) is 3.04. The Morgan fingerprint density at radius 2 is 1.76 bits per heavy atom. The number of nitrogens with one attached hydrogen (secondary N) is 1. The minimum Gasteiger partial charge on any atom is -0.495 e. The Labute approximate surface area is 156 Å². The minimum atomic E-state index is -0.142. The summed E-state index contributed by atoms with van der Waals surface area (Å²) < 4.78 is 10.4. The Kier molecular flexibility index (Phi) is 6.90. The summed E-state index contributed by atoms with van der Waals surface area (Å²) in [6, 6.07) is 5.16. The number of aromatic nitrogens is 2. The number of anilines is 1. The standard InChI is InChI=1S/C17H20ClN3O3S/c1-10-7-11(2)20-17(19-10)25-6-5-16(22)21-13-8-12(18)14(23-3)9-15(13)24-4/h7-9H,5-6H2,1-4H3,(H,21,22). The first-order chi connectivity index (χ1) is 11.9. The zero-order valence-electron chi connectivity index (χ0n) is 14.6. The number of thioether (sulfide) groups is 1. The van der Waals surface area contributed by atoms with E-state index in [2.05, 4.69) is 15.3 Å². The van der Waals surface area contributed by atoms with E-state index in [1.54, 1.807) is 12.1 Å². The number of hydrogen-bond donors (Lipinski definition) is 1. The van der Waals surface area contributed by atoms with Crippen LogP contribution in [0.3, 0.4) is 0 Å². The Bertz CT molecular complexity index is 751. The van der Waals surface area contributed by atoms with Crippen LogP contribution in [0, 0.1) is 13.8 Å². The molecular formula is C17H20ClN3O3S. The van der Waals surface area contributed by atoms with Crippen molar-refractivity contribution >= 4 is 35.0 Å². The average molecular weight is 382 g/mol. The molecule has 6 nitrogen and oxygen atoms in total.